The van der Waals surface area contributed by atoms with Crippen LogP contribution in [0.2, 0.25) is 5.02 Å². The molecule has 0 aliphatic rings. The molecule has 0 amide bonds. The fraction of sp³-hybridized carbons (Fsp3) is 0.385. The van der Waals surface area contributed by atoms with E-state index in [9.17, 15) is 13.2 Å². The van der Waals surface area contributed by atoms with E-state index in [0.29, 0.717) is 12.4 Å². The molecule has 0 aliphatic heterocycles. The molecule has 0 radical (unpaired) electrons. The van der Waals surface area contributed by atoms with Gasteiger partial charge in [0.1, 0.15) is 4.90 Å². The first-order valence-electron chi connectivity index (χ1n) is 7.04. The molecule has 0 spiro atoms. The van der Waals surface area contributed by atoms with Crippen molar-refractivity contribution in [2.45, 2.75) is 31.4 Å². The number of halogens is 1. The van der Waals surface area contributed by atoms with Crippen LogP contribution in [0.3, 0.4) is 0 Å². The molecule has 24 heavy (non-hydrogen) atoms. The first-order chi connectivity index (χ1) is 11.4. The second kappa shape index (κ2) is 7.69. The molecule has 11 heteroatoms. The lowest BCUT2D eigenvalue weighted by Crippen LogP contribution is -2.19. The Kier molecular flexibility index (Phi) is 5.86. The Morgan fingerprint density at radius 3 is 2.83 bits per heavy atom. The highest BCUT2D eigenvalue weighted by Crippen LogP contribution is 2.23. The van der Waals surface area contributed by atoms with Crippen LogP contribution in [0.15, 0.2) is 23.1 Å². The maximum atomic E-state index is 12.1. The summed E-state index contributed by atoms with van der Waals surface area (Å²) in [7, 11) is -2.53. The zero-order valence-electron chi connectivity index (χ0n) is 13.1. The Balaban J connectivity index is 2.16. The minimum atomic E-state index is -3.78. The minimum Gasteiger partial charge on any atom is -0.454 e. The van der Waals surface area contributed by atoms with Crippen LogP contribution in [0.5, 0.6) is 0 Å². The maximum Gasteiger partial charge on any atom is 0.338 e. The standard InChI is InChI=1S/C13H16ClN5O4S/c1-3-6-19-12(16-17-18-19)8-23-13(20)9-4-5-10(14)11(7-9)24(21,22)15-2/h4-5,7,15H,3,6,8H2,1-2H3. The lowest BCUT2D eigenvalue weighted by atomic mass is 10.2. The summed E-state index contributed by atoms with van der Waals surface area (Å²) in [6.07, 6.45) is 0.828. The number of benzene rings is 1. The summed E-state index contributed by atoms with van der Waals surface area (Å²) in [6, 6.07) is 3.86. The van der Waals surface area contributed by atoms with Gasteiger partial charge in [0.25, 0.3) is 0 Å². The molecule has 0 saturated carbocycles. The van der Waals surface area contributed by atoms with Gasteiger partial charge in [0.2, 0.25) is 10.0 Å². The molecule has 0 atom stereocenters. The molecule has 0 bridgehead atoms. The highest BCUT2D eigenvalue weighted by Gasteiger charge is 2.19. The number of aryl methyl sites for hydroxylation is 1. The Labute approximate surface area is 144 Å². The topological polar surface area (TPSA) is 116 Å². The van der Waals surface area contributed by atoms with E-state index in [1.807, 2.05) is 6.92 Å². The molecule has 9 nitrogen and oxygen atoms in total. The van der Waals surface area contributed by atoms with Crippen molar-refractivity contribution in [2.75, 3.05) is 7.05 Å². The monoisotopic (exact) mass is 373 g/mol. The van der Waals surface area contributed by atoms with E-state index < -0.39 is 16.0 Å². The predicted octanol–water partition coefficient (Wildman–Crippen LogP) is 1.00. The Morgan fingerprint density at radius 1 is 1.42 bits per heavy atom. The van der Waals surface area contributed by atoms with Gasteiger partial charge >= 0.3 is 5.97 Å². The van der Waals surface area contributed by atoms with Gasteiger partial charge in [0, 0.05) is 6.54 Å². The van der Waals surface area contributed by atoms with E-state index in [1.54, 1.807) is 0 Å². The first kappa shape index (κ1) is 18.3. The van der Waals surface area contributed by atoms with Gasteiger partial charge < -0.3 is 4.74 Å². The van der Waals surface area contributed by atoms with Crippen LogP contribution in [-0.2, 0) is 27.9 Å². The summed E-state index contributed by atoms with van der Waals surface area (Å²) in [5, 5.41) is 11.1. The third-order valence-electron chi connectivity index (χ3n) is 3.10. The average Bonchev–Trinajstić information content (AvgIpc) is 3.00. The second-order valence-electron chi connectivity index (χ2n) is 4.75. The van der Waals surface area contributed by atoms with E-state index in [1.165, 1.54) is 23.9 Å². The van der Waals surface area contributed by atoms with Crippen molar-refractivity contribution < 1.29 is 17.9 Å². The van der Waals surface area contributed by atoms with Crippen molar-refractivity contribution >= 4 is 27.6 Å². The molecular weight excluding hydrogens is 358 g/mol. The third kappa shape index (κ3) is 4.08. The van der Waals surface area contributed by atoms with Crippen molar-refractivity contribution in [3.8, 4) is 0 Å². The summed E-state index contributed by atoms with van der Waals surface area (Å²) in [5.74, 6) is -0.299. The van der Waals surface area contributed by atoms with Gasteiger partial charge in [-0.05, 0) is 42.1 Å². The lowest BCUT2D eigenvalue weighted by molar-refractivity contribution is 0.0456. The number of tetrazole rings is 1. The van der Waals surface area contributed by atoms with Crippen molar-refractivity contribution in [3.05, 3.63) is 34.6 Å². The lowest BCUT2D eigenvalue weighted by Gasteiger charge is -2.08. The highest BCUT2D eigenvalue weighted by molar-refractivity contribution is 7.89. The molecule has 130 valence electrons. The number of hydrogen-bond acceptors (Lipinski definition) is 7. The SMILES string of the molecule is CCCn1nnnc1COC(=O)c1ccc(Cl)c(S(=O)(=O)NC)c1. The minimum absolute atomic E-state index is 0.00721. The van der Waals surface area contributed by atoms with E-state index in [2.05, 4.69) is 20.2 Å². The van der Waals surface area contributed by atoms with Gasteiger partial charge in [0.15, 0.2) is 12.4 Å². The second-order valence-corrected chi connectivity index (χ2v) is 7.01. The Hall–Kier alpha value is -2.04. The fourth-order valence-electron chi connectivity index (χ4n) is 1.87. The smallest absolute Gasteiger partial charge is 0.338 e. The maximum absolute atomic E-state index is 12.1. The average molecular weight is 374 g/mol. The van der Waals surface area contributed by atoms with Gasteiger partial charge in [-0.25, -0.2) is 22.6 Å². The summed E-state index contributed by atoms with van der Waals surface area (Å²) in [5.41, 5.74) is 0.0581. The van der Waals surface area contributed by atoms with Crippen LogP contribution in [0.4, 0.5) is 0 Å². The molecule has 1 aromatic heterocycles. The fourth-order valence-corrected chi connectivity index (χ4v) is 3.12. The molecular formula is C13H16ClN5O4S. The van der Waals surface area contributed by atoms with Crippen molar-refractivity contribution in [2.24, 2.45) is 0 Å². The van der Waals surface area contributed by atoms with Crippen LogP contribution < -0.4 is 4.72 Å². The van der Waals surface area contributed by atoms with Crippen LogP contribution in [0.1, 0.15) is 29.5 Å². The largest absolute Gasteiger partial charge is 0.454 e. The van der Waals surface area contributed by atoms with Crippen molar-refractivity contribution in [1.82, 2.24) is 24.9 Å². The number of rotatable bonds is 7. The zero-order valence-corrected chi connectivity index (χ0v) is 14.6. The van der Waals surface area contributed by atoms with Gasteiger partial charge in [-0.15, -0.1) is 5.10 Å². The molecule has 2 aromatic rings. The number of esters is 1. The Bertz CT molecular complexity index is 837. The molecule has 0 unspecified atom stereocenters. The number of ether oxygens (including phenoxy) is 1. The molecule has 2 rings (SSSR count). The van der Waals surface area contributed by atoms with Crippen LogP contribution >= 0.6 is 11.6 Å². The number of carbonyl (C=O) groups excluding carboxylic acids is 1. The highest BCUT2D eigenvalue weighted by atomic mass is 35.5. The van der Waals surface area contributed by atoms with Crippen LogP contribution in [0.25, 0.3) is 0 Å². The summed E-state index contributed by atoms with van der Waals surface area (Å²) >= 11 is 5.88. The number of nitrogens with zero attached hydrogens (tertiary/aromatic N) is 4. The third-order valence-corrected chi connectivity index (χ3v) is 4.99. The molecule has 0 fully saturated rings. The number of sulfonamides is 1. The van der Waals surface area contributed by atoms with E-state index >= 15 is 0 Å². The molecule has 1 N–H and O–H groups in total. The van der Waals surface area contributed by atoms with Crippen LogP contribution in [-0.4, -0.2) is 41.6 Å². The van der Waals surface area contributed by atoms with Gasteiger partial charge in [-0.3, -0.25) is 0 Å². The summed E-state index contributed by atoms with van der Waals surface area (Å²) in [4.78, 5) is 11.9. The normalized spacial score (nSPS) is 11.5. The number of nitrogens with one attached hydrogen (secondary N) is 1. The van der Waals surface area contributed by atoms with E-state index in [-0.39, 0.29) is 22.1 Å². The Morgan fingerprint density at radius 2 is 2.17 bits per heavy atom. The van der Waals surface area contributed by atoms with E-state index in [0.717, 1.165) is 12.5 Å². The number of carbonyl (C=O) groups is 1. The molecule has 0 aliphatic carbocycles. The molecule has 1 heterocycles. The molecule has 0 saturated heterocycles. The zero-order chi connectivity index (χ0) is 17.7. The van der Waals surface area contributed by atoms with Gasteiger partial charge in [0.05, 0.1) is 10.6 Å². The van der Waals surface area contributed by atoms with Crippen molar-refractivity contribution in [1.29, 1.82) is 0 Å². The predicted molar refractivity (Wildman–Crippen MR) is 84.9 cm³/mol. The van der Waals surface area contributed by atoms with E-state index in [4.69, 9.17) is 16.3 Å². The van der Waals surface area contributed by atoms with Gasteiger partial charge in [-0.2, -0.15) is 0 Å². The quantitative estimate of drug-likeness (QED) is 0.719. The number of hydrogen-bond donors (Lipinski definition) is 1. The first-order valence-corrected chi connectivity index (χ1v) is 8.90. The van der Waals surface area contributed by atoms with Crippen molar-refractivity contribution in [3.63, 3.8) is 0 Å². The molecule has 1 aromatic carbocycles. The van der Waals surface area contributed by atoms with Crippen LogP contribution in [0, 0.1) is 0 Å². The summed E-state index contributed by atoms with van der Waals surface area (Å²) in [6.45, 7) is 2.45. The van der Waals surface area contributed by atoms with Gasteiger partial charge in [-0.1, -0.05) is 18.5 Å². The number of aromatic nitrogens is 4. The summed E-state index contributed by atoms with van der Waals surface area (Å²) < 4.78 is 32.6.